The van der Waals surface area contributed by atoms with Crippen molar-refractivity contribution in [3.8, 4) is 11.5 Å². The lowest BCUT2D eigenvalue weighted by molar-refractivity contribution is -0.123. The lowest BCUT2D eigenvalue weighted by Crippen LogP contribution is -2.38. The molecule has 2 aliphatic rings. The molecule has 0 saturated carbocycles. The number of carbonyl (C=O) groups excluding carboxylic acids is 1. The van der Waals surface area contributed by atoms with Gasteiger partial charge >= 0.3 is 0 Å². The molecule has 0 bridgehead atoms. The van der Waals surface area contributed by atoms with Gasteiger partial charge in [0.2, 0.25) is 0 Å². The van der Waals surface area contributed by atoms with Gasteiger partial charge in [-0.1, -0.05) is 30.0 Å². The smallest absolute Gasteiger partial charge is 0.267 e. The quantitative estimate of drug-likeness (QED) is 0.520. The van der Waals surface area contributed by atoms with Crippen molar-refractivity contribution in [3.05, 3.63) is 28.7 Å². The Hall–Kier alpha value is -1.57. The predicted octanol–water partition coefficient (Wildman–Crippen LogP) is 3.74. The van der Waals surface area contributed by atoms with Crippen molar-refractivity contribution < 1.29 is 14.3 Å². The minimum atomic E-state index is -0.0151. The first-order valence-corrected chi connectivity index (χ1v) is 10.2. The van der Waals surface area contributed by atoms with Crippen molar-refractivity contribution in [2.45, 2.75) is 26.7 Å². The molecule has 0 radical (unpaired) electrons. The van der Waals surface area contributed by atoms with Gasteiger partial charge in [0.1, 0.15) is 4.32 Å². The summed E-state index contributed by atoms with van der Waals surface area (Å²) in [6, 6.07) is 5.72. The second kappa shape index (κ2) is 8.88. The van der Waals surface area contributed by atoms with E-state index in [9.17, 15) is 4.79 Å². The highest BCUT2D eigenvalue weighted by molar-refractivity contribution is 8.26. The number of thioether (sulfide) groups is 1. The predicted molar refractivity (Wildman–Crippen MR) is 109 cm³/mol. The molecule has 2 fully saturated rings. The number of hydrogen-bond acceptors (Lipinski definition) is 6. The van der Waals surface area contributed by atoms with Gasteiger partial charge in [-0.15, -0.1) is 0 Å². The Morgan fingerprint density at radius 3 is 2.54 bits per heavy atom. The number of amides is 1. The van der Waals surface area contributed by atoms with Gasteiger partial charge in [0.05, 0.1) is 24.8 Å². The van der Waals surface area contributed by atoms with E-state index in [0.717, 1.165) is 18.7 Å². The van der Waals surface area contributed by atoms with Crippen LogP contribution >= 0.6 is 24.0 Å². The SMILES string of the molecule is CCOc1ccc(C=C2SC(=S)N(CN3CCCC3)C2=O)cc1OCC. The standard InChI is InChI=1S/C19H24N2O3S2/c1-3-23-15-8-7-14(11-16(15)24-4-2)12-17-18(22)21(19(25)26-17)13-20-9-5-6-10-20/h7-8,11-12H,3-6,9-10,13H2,1-2H3. The highest BCUT2D eigenvalue weighted by atomic mass is 32.2. The number of benzene rings is 1. The van der Waals surface area contributed by atoms with E-state index in [0.29, 0.717) is 40.6 Å². The monoisotopic (exact) mass is 392 g/mol. The molecule has 7 heteroatoms. The van der Waals surface area contributed by atoms with Crippen molar-refractivity contribution >= 4 is 40.3 Å². The molecule has 2 saturated heterocycles. The van der Waals surface area contributed by atoms with E-state index in [1.807, 2.05) is 38.1 Å². The molecule has 140 valence electrons. The Labute approximate surface area is 164 Å². The normalized spacial score (nSPS) is 19.6. The summed E-state index contributed by atoms with van der Waals surface area (Å²) >= 11 is 6.79. The van der Waals surface area contributed by atoms with Crippen LogP contribution in [0.3, 0.4) is 0 Å². The Morgan fingerprint density at radius 2 is 1.85 bits per heavy atom. The third-order valence-corrected chi connectivity index (χ3v) is 5.66. The van der Waals surface area contributed by atoms with Crippen LogP contribution < -0.4 is 9.47 Å². The van der Waals surface area contributed by atoms with Gasteiger partial charge in [0.15, 0.2) is 11.5 Å². The van der Waals surface area contributed by atoms with Crippen molar-refractivity contribution in [3.63, 3.8) is 0 Å². The van der Waals surface area contributed by atoms with Crippen molar-refractivity contribution in [1.29, 1.82) is 0 Å². The van der Waals surface area contributed by atoms with Crippen LogP contribution in [0, 0.1) is 0 Å². The summed E-state index contributed by atoms with van der Waals surface area (Å²) in [5.41, 5.74) is 0.901. The van der Waals surface area contributed by atoms with Crippen LogP contribution in [-0.2, 0) is 4.79 Å². The molecule has 0 aromatic heterocycles. The molecule has 1 amide bonds. The average molecular weight is 393 g/mol. The lowest BCUT2D eigenvalue weighted by Gasteiger charge is -2.22. The van der Waals surface area contributed by atoms with Crippen LogP contribution in [-0.4, -0.2) is 53.0 Å². The van der Waals surface area contributed by atoms with E-state index in [-0.39, 0.29) is 5.91 Å². The maximum absolute atomic E-state index is 12.8. The molecule has 5 nitrogen and oxygen atoms in total. The minimum absolute atomic E-state index is 0.0151. The zero-order valence-electron chi connectivity index (χ0n) is 15.2. The number of rotatable bonds is 7. The maximum Gasteiger partial charge on any atom is 0.267 e. The molecular formula is C19H24N2O3S2. The zero-order valence-corrected chi connectivity index (χ0v) is 16.8. The summed E-state index contributed by atoms with van der Waals surface area (Å²) in [6.07, 6.45) is 4.26. The molecule has 1 aromatic rings. The van der Waals surface area contributed by atoms with Crippen molar-refractivity contribution in [2.75, 3.05) is 33.0 Å². The maximum atomic E-state index is 12.8. The Balaban J connectivity index is 1.77. The summed E-state index contributed by atoms with van der Waals surface area (Å²) in [5, 5.41) is 0. The molecule has 3 rings (SSSR count). The fourth-order valence-electron chi connectivity index (χ4n) is 3.05. The first-order chi connectivity index (χ1) is 12.6. The molecule has 26 heavy (non-hydrogen) atoms. The number of thiocarbonyl (C=S) groups is 1. The molecule has 2 heterocycles. The molecule has 2 aliphatic heterocycles. The Kier molecular flexibility index (Phi) is 6.56. The van der Waals surface area contributed by atoms with Gasteiger partial charge in [-0.3, -0.25) is 14.6 Å². The first kappa shape index (κ1) is 19.2. The van der Waals surface area contributed by atoms with Gasteiger partial charge < -0.3 is 9.47 Å². The summed E-state index contributed by atoms with van der Waals surface area (Å²) < 4.78 is 11.9. The van der Waals surface area contributed by atoms with Crippen LogP contribution in [0.2, 0.25) is 0 Å². The fraction of sp³-hybridized carbons (Fsp3) is 0.474. The van der Waals surface area contributed by atoms with Crippen LogP contribution in [0.1, 0.15) is 32.3 Å². The van der Waals surface area contributed by atoms with Crippen molar-refractivity contribution in [1.82, 2.24) is 9.80 Å². The summed E-state index contributed by atoms with van der Waals surface area (Å²) in [4.78, 5) is 17.4. The summed E-state index contributed by atoms with van der Waals surface area (Å²) in [5.74, 6) is 1.39. The summed E-state index contributed by atoms with van der Waals surface area (Å²) in [6.45, 7) is 7.67. The number of likely N-dealkylation sites (tertiary alicyclic amines) is 1. The highest BCUT2D eigenvalue weighted by Crippen LogP contribution is 2.35. The largest absolute Gasteiger partial charge is 0.490 e. The molecular weight excluding hydrogens is 368 g/mol. The molecule has 0 spiro atoms. The third-order valence-electron chi connectivity index (χ3n) is 4.28. The Bertz CT molecular complexity index is 715. The van der Waals surface area contributed by atoms with Crippen LogP contribution in [0.25, 0.3) is 6.08 Å². The molecule has 0 unspecified atom stereocenters. The first-order valence-electron chi connectivity index (χ1n) is 8.99. The van der Waals surface area contributed by atoms with Gasteiger partial charge in [0.25, 0.3) is 5.91 Å². The minimum Gasteiger partial charge on any atom is -0.490 e. The Morgan fingerprint density at radius 1 is 1.15 bits per heavy atom. The molecule has 0 atom stereocenters. The molecule has 1 aromatic carbocycles. The zero-order chi connectivity index (χ0) is 18.5. The number of carbonyl (C=O) groups is 1. The van der Waals surface area contributed by atoms with Gasteiger partial charge in [-0.05, 0) is 63.6 Å². The second-order valence-electron chi connectivity index (χ2n) is 6.15. The van der Waals surface area contributed by atoms with Crippen molar-refractivity contribution in [2.24, 2.45) is 0 Å². The average Bonchev–Trinajstić information content (AvgIpc) is 3.22. The number of nitrogens with zero attached hydrogens (tertiary/aromatic N) is 2. The highest BCUT2D eigenvalue weighted by Gasteiger charge is 2.33. The molecule has 0 N–H and O–H groups in total. The summed E-state index contributed by atoms with van der Waals surface area (Å²) in [7, 11) is 0. The van der Waals surface area contributed by atoms with E-state index in [1.54, 1.807) is 4.90 Å². The topological polar surface area (TPSA) is 42.0 Å². The lowest BCUT2D eigenvalue weighted by atomic mass is 10.2. The van der Waals surface area contributed by atoms with Gasteiger partial charge in [-0.25, -0.2) is 0 Å². The third kappa shape index (κ3) is 4.39. The second-order valence-corrected chi connectivity index (χ2v) is 7.82. The van der Waals surface area contributed by atoms with E-state index in [4.69, 9.17) is 21.7 Å². The van der Waals surface area contributed by atoms with Crippen LogP contribution in [0.15, 0.2) is 23.1 Å². The van der Waals surface area contributed by atoms with Crippen LogP contribution in [0.4, 0.5) is 0 Å². The van der Waals surface area contributed by atoms with E-state index in [2.05, 4.69) is 4.90 Å². The van der Waals surface area contributed by atoms with E-state index < -0.39 is 0 Å². The molecule has 0 aliphatic carbocycles. The van der Waals surface area contributed by atoms with Gasteiger partial charge in [0, 0.05) is 0 Å². The number of ether oxygens (including phenoxy) is 2. The van der Waals surface area contributed by atoms with E-state index >= 15 is 0 Å². The number of hydrogen-bond donors (Lipinski definition) is 0. The van der Waals surface area contributed by atoms with E-state index in [1.165, 1.54) is 24.6 Å². The van der Waals surface area contributed by atoms with Gasteiger partial charge in [-0.2, -0.15) is 0 Å². The van der Waals surface area contributed by atoms with Crippen LogP contribution in [0.5, 0.6) is 11.5 Å². The fourth-order valence-corrected chi connectivity index (χ4v) is 4.30.